The molecule has 0 atom stereocenters. The fourth-order valence-electron chi connectivity index (χ4n) is 3.37. The smallest absolute Gasteiger partial charge is 0.261 e. The number of hydrogen-bond acceptors (Lipinski definition) is 5. The first-order valence-corrected chi connectivity index (χ1v) is 9.85. The SMILES string of the molecule is COc1ccc(CNC(=O)c2cc3c(=O)n(C)c4ccccc4c3s2)c(OC)c1. The fraction of sp³-hybridized carbons (Fsp3) is 0.182. The van der Waals surface area contributed by atoms with Crippen LogP contribution < -0.4 is 20.3 Å². The van der Waals surface area contributed by atoms with Crippen LogP contribution in [-0.4, -0.2) is 24.7 Å². The summed E-state index contributed by atoms with van der Waals surface area (Å²) in [7, 11) is 4.91. The van der Waals surface area contributed by atoms with Crippen molar-refractivity contribution in [3.8, 4) is 11.5 Å². The third kappa shape index (κ3) is 3.34. The lowest BCUT2D eigenvalue weighted by Gasteiger charge is -2.11. The summed E-state index contributed by atoms with van der Waals surface area (Å²) in [6, 6.07) is 14.8. The van der Waals surface area contributed by atoms with E-state index < -0.39 is 0 Å². The molecule has 0 fully saturated rings. The Bertz CT molecular complexity index is 1290. The summed E-state index contributed by atoms with van der Waals surface area (Å²) in [6.07, 6.45) is 0. The number of aryl methyl sites for hydroxylation is 1. The summed E-state index contributed by atoms with van der Waals surface area (Å²) in [4.78, 5) is 26.0. The Morgan fingerprint density at radius 2 is 1.86 bits per heavy atom. The topological polar surface area (TPSA) is 69.6 Å². The van der Waals surface area contributed by atoms with Crippen molar-refractivity contribution < 1.29 is 14.3 Å². The van der Waals surface area contributed by atoms with Crippen LogP contribution in [-0.2, 0) is 13.6 Å². The van der Waals surface area contributed by atoms with Gasteiger partial charge in [-0.25, -0.2) is 0 Å². The van der Waals surface area contributed by atoms with Gasteiger partial charge in [0.25, 0.3) is 11.5 Å². The van der Waals surface area contributed by atoms with Crippen molar-refractivity contribution >= 4 is 38.2 Å². The molecule has 0 saturated heterocycles. The van der Waals surface area contributed by atoms with Crippen LogP contribution in [0, 0.1) is 0 Å². The lowest BCUT2D eigenvalue weighted by atomic mass is 10.1. The van der Waals surface area contributed by atoms with Gasteiger partial charge in [-0.15, -0.1) is 11.3 Å². The zero-order valence-electron chi connectivity index (χ0n) is 16.3. The van der Waals surface area contributed by atoms with Crippen LogP contribution in [0.2, 0.25) is 0 Å². The Balaban J connectivity index is 1.66. The van der Waals surface area contributed by atoms with Crippen molar-refractivity contribution in [2.24, 2.45) is 7.05 Å². The number of amides is 1. The standard InChI is InChI=1S/C22H20N2O4S/c1-24-17-7-5-4-6-15(17)20-16(22(24)26)11-19(29-20)21(25)23-12-13-8-9-14(27-2)10-18(13)28-3/h4-11H,12H2,1-3H3,(H,23,25). The van der Waals surface area contributed by atoms with E-state index in [1.54, 1.807) is 38.0 Å². The minimum absolute atomic E-state index is 0.106. The van der Waals surface area contributed by atoms with Gasteiger partial charge in [-0.05, 0) is 24.3 Å². The van der Waals surface area contributed by atoms with Crippen molar-refractivity contribution in [3.63, 3.8) is 0 Å². The molecule has 0 unspecified atom stereocenters. The monoisotopic (exact) mass is 408 g/mol. The van der Waals surface area contributed by atoms with Gasteiger partial charge in [-0.2, -0.15) is 0 Å². The number of nitrogens with one attached hydrogen (secondary N) is 1. The first-order chi connectivity index (χ1) is 14.0. The highest BCUT2D eigenvalue weighted by Crippen LogP contribution is 2.30. The number of methoxy groups -OCH3 is 2. The molecule has 6 nitrogen and oxygen atoms in total. The number of thiophene rings is 1. The molecular weight excluding hydrogens is 388 g/mol. The lowest BCUT2D eigenvalue weighted by molar-refractivity contribution is 0.0955. The molecule has 0 spiro atoms. The van der Waals surface area contributed by atoms with Crippen LogP contribution in [0.25, 0.3) is 21.0 Å². The fourth-order valence-corrected chi connectivity index (χ4v) is 4.47. The van der Waals surface area contributed by atoms with Gasteiger partial charge in [0.1, 0.15) is 11.5 Å². The molecule has 1 N–H and O–H groups in total. The van der Waals surface area contributed by atoms with E-state index in [1.807, 2.05) is 36.4 Å². The van der Waals surface area contributed by atoms with Crippen molar-refractivity contribution in [2.45, 2.75) is 6.54 Å². The maximum absolute atomic E-state index is 12.8. The Morgan fingerprint density at radius 1 is 1.07 bits per heavy atom. The molecular formula is C22H20N2O4S. The average molecular weight is 408 g/mol. The second-order valence-electron chi connectivity index (χ2n) is 6.60. The van der Waals surface area contributed by atoms with Crippen LogP contribution in [0.4, 0.5) is 0 Å². The van der Waals surface area contributed by atoms with Gasteiger partial charge in [-0.1, -0.05) is 18.2 Å². The number of aromatic nitrogens is 1. The number of hydrogen-bond donors (Lipinski definition) is 1. The van der Waals surface area contributed by atoms with E-state index in [4.69, 9.17) is 9.47 Å². The van der Waals surface area contributed by atoms with Gasteiger partial charge >= 0.3 is 0 Å². The molecule has 4 aromatic rings. The number of carbonyl (C=O) groups is 1. The van der Waals surface area contributed by atoms with E-state index >= 15 is 0 Å². The van der Waals surface area contributed by atoms with E-state index in [9.17, 15) is 9.59 Å². The molecule has 0 saturated carbocycles. The molecule has 7 heteroatoms. The molecule has 0 aliphatic rings. The molecule has 0 radical (unpaired) electrons. The highest BCUT2D eigenvalue weighted by atomic mass is 32.1. The summed E-state index contributed by atoms with van der Waals surface area (Å²) >= 11 is 1.33. The van der Waals surface area contributed by atoms with E-state index in [2.05, 4.69) is 5.32 Å². The van der Waals surface area contributed by atoms with Gasteiger partial charge in [0.05, 0.1) is 30.0 Å². The normalized spacial score (nSPS) is 11.0. The summed E-state index contributed by atoms with van der Waals surface area (Å²) in [6.45, 7) is 0.305. The molecule has 4 rings (SSSR count). The lowest BCUT2D eigenvalue weighted by Crippen LogP contribution is -2.22. The highest BCUT2D eigenvalue weighted by molar-refractivity contribution is 7.21. The van der Waals surface area contributed by atoms with Crippen molar-refractivity contribution in [3.05, 3.63) is 69.3 Å². The molecule has 2 heterocycles. The van der Waals surface area contributed by atoms with Crippen molar-refractivity contribution in [1.82, 2.24) is 9.88 Å². The summed E-state index contributed by atoms with van der Waals surface area (Å²) in [5.41, 5.74) is 1.58. The second-order valence-corrected chi connectivity index (χ2v) is 7.65. The van der Waals surface area contributed by atoms with Crippen LogP contribution in [0.5, 0.6) is 11.5 Å². The van der Waals surface area contributed by atoms with Crippen LogP contribution in [0.15, 0.2) is 53.3 Å². The van der Waals surface area contributed by atoms with E-state index in [0.29, 0.717) is 28.3 Å². The summed E-state index contributed by atoms with van der Waals surface area (Å²) in [5.74, 6) is 1.10. The number of fused-ring (bicyclic) bond motifs is 3. The van der Waals surface area contributed by atoms with Gasteiger partial charge in [0, 0.05) is 35.3 Å². The minimum Gasteiger partial charge on any atom is -0.497 e. The maximum Gasteiger partial charge on any atom is 0.261 e. The molecule has 0 aliphatic carbocycles. The zero-order chi connectivity index (χ0) is 20.5. The third-order valence-corrected chi connectivity index (χ3v) is 6.10. The maximum atomic E-state index is 12.8. The number of ether oxygens (including phenoxy) is 2. The number of benzene rings is 2. The van der Waals surface area contributed by atoms with E-state index in [-0.39, 0.29) is 11.5 Å². The quantitative estimate of drug-likeness (QED) is 0.547. The molecule has 2 aromatic heterocycles. The predicted molar refractivity (Wildman–Crippen MR) is 115 cm³/mol. The third-order valence-electron chi connectivity index (χ3n) is 4.93. The molecule has 148 valence electrons. The minimum atomic E-state index is -0.227. The van der Waals surface area contributed by atoms with Gasteiger partial charge in [0.2, 0.25) is 0 Å². The van der Waals surface area contributed by atoms with Crippen molar-refractivity contribution in [2.75, 3.05) is 14.2 Å². The molecule has 29 heavy (non-hydrogen) atoms. The molecule has 2 aromatic carbocycles. The zero-order valence-corrected chi connectivity index (χ0v) is 17.1. The predicted octanol–water partition coefficient (Wildman–Crippen LogP) is 3.70. The van der Waals surface area contributed by atoms with E-state index in [1.165, 1.54) is 11.3 Å². The number of carbonyl (C=O) groups excluding carboxylic acids is 1. The molecule has 0 bridgehead atoms. The number of rotatable bonds is 5. The van der Waals surface area contributed by atoms with Crippen LogP contribution in [0.1, 0.15) is 15.2 Å². The van der Waals surface area contributed by atoms with Gasteiger partial charge in [0.15, 0.2) is 0 Å². The first-order valence-electron chi connectivity index (χ1n) is 9.04. The summed E-state index contributed by atoms with van der Waals surface area (Å²) < 4.78 is 13.0. The van der Waals surface area contributed by atoms with Crippen LogP contribution >= 0.6 is 11.3 Å². The van der Waals surface area contributed by atoms with Crippen LogP contribution in [0.3, 0.4) is 0 Å². The first kappa shape index (κ1) is 19.0. The van der Waals surface area contributed by atoms with Gasteiger partial charge in [-0.3, -0.25) is 9.59 Å². The van der Waals surface area contributed by atoms with E-state index in [0.717, 1.165) is 21.2 Å². The number of nitrogens with zero attached hydrogens (tertiary/aromatic N) is 1. The Hall–Kier alpha value is -3.32. The Kier molecular flexibility index (Phi) is 4.98. The number of pyridine rings is 1. The number of para-hydroxylation sites is 1. The average Bonchev–Trinajstić information content (AvgIpc) is 3.21. The Morgan fingerprint density at radius 3 is 2.62 bits per heavy atom. The highest BCUT2D eigenvalue weighted by Gasteiger charge is 2.16. The molecule has 1 amide bonds. The second kappa shape index (κ2) is 7.60. The molecule has 0 aliphatic heterocycles. The summed E-state index contributed by atoms with van der Waals surface area (Å²) in [5, 5.41) is 4.43. The largest absolute Gasteiger partial charge is 0.497 e. The van der Waals surface area contributed by atoms with Crippen molar-refractivity contribution in [1.29, 1.82) is 0 Å². The van der Waals surface area contributed by atoms with Gasteiger partial charge < -0.3 is 19.4 Å². The Labute approximate surface area is 171 Å².